The van der Waals surface area contributed by atoms with Crippen LogP contribution in [0.2, 0.25) is 0 Å². The lowest BCUT2D eigenvalue weighted by molar-refractivity contribution is 0.0663. The van der Waals surface area contributed by atoms with Gasteiger partial charge in [-0.3, -0.25) is 4.79 Å². The summed E-state index contributed by atoms with van der Waals surface area (Å²) in [4.78, 5) is 18.6. The molecule has 18 heavy (non-hydrogen) atoms. The number of aromatic nitrogens is 1. The molecule has 98 valence electrons. The highest BCUT2D eigenvalue weighted by molar-refractivity contribution is 5.92. The summed E-state index contributed by atoms with van der Waals surface area (Å²) in [5.41, 5.74) is 7.04. The van der Waals surface area contributed by atoms with Gasteiger partial charge in [-0.15, -0.1) is 0 Å². The zero-order valence-corrected chi connectivity index (χ0v) is 10.9. The minimum absolute atomic E-state index is 0.0559. The molecule has 0 bridgehead atoms. The van der Waals surface area contributed by atoms with Crippen LogP contribution in [0, 0.1) is 12.8 Å². The van der Waals surface area contributed by atoms with Crippen LogP contribution >= 0.6 is 0 Å². The van der Waals surface area contributed by atoms with Crippen molar-refractivity contribution < 1.29 is 4.79 Å². The molecule has 0 aliphatic carbocycles. The number of carbonyl (C=O) groups excluding carboxylic acids is 1. The Morgan fingerprint density at radius 3 is 3.11 bits per heavy atom. The highest BCUT2D eigenvalue weighted by Crippen LogP contribution is 2.20. The van der Waals surface area contributed by atoms with Gasteiger partial charge in [0.2, 0.25) is 0 Å². The maximum atomic E-state index is 12.3. The fourth-order valence-electron chi connectivity index (χ4n) is 2.55. The molecule has 1 saturated heterocycles. The molecule has 0 aromatic carbocycles. The number of aryl methyl sites for hydroxylation is 1. The molecule has 0 radical (unpaired) electrons. The van der Waals surface area contributed by atoms with Gasteiger partial charge in [0.15, 0.2) is 0 Å². The van der Waals surface area contributed by atoms with Crippen LogP contribution in [-0.4, -0.2) is 35.4 Å². The second-order valence-corrected chi connectivity index (χ2v) is 5.00. The smallest absolute Gasteiger partial charge is 0.272 e. The number of hydrogen-bond acceptors (Lipinski definition) is 3. The number of hydrogen-bond donors (Lipinski definition) is 1. The van der Waals surface area contributed by atoms with Crippen LogP contribution < -0.4 is 5.73 Å². The molecule has 1 atom stereocenters. The normalized spacial score (nSPS) is 19.9. The topological polar surface area (TPSA) is 59.2 Å². The van der Waals surface area contributed by atoms with E-state index < -0.39 is 0 Å². The van der Waals surface area contributed by atoms with Crippen LogP contribution in [0.5, 0.6) is 0 Å². The van der Waals surface area contributed by atoms with Crippen LogP contribution in [0.4, 0.5) is 0 Å². The number of piperidine rings is 1. The van der Waals surface area contributed by atoms with Crippen LogP contribution in [-0.2, 0) is 0 Å². The summed E-state index contributed by atoms with van der Waals surface area (Å²) in [7, 11) is 0. The van der Waals surface area contributed by atoms with Crippen LogP contribution in [0.25, 0.3) is 0 Å². The summed E-state index contributed by atoms with van der Waals surface area (Å²) in [6.07, 6.45) is 3.26. The number of amides is 1. The van der Waals surface area contributed by atoms with Gasteiger partial charge >= 0.3 is 0 Å². The van der Waals surface area contributed by atoms with Gasteiger partial charge < -0.3 is 10.6 Å². The Kier molecular flexibility index (Phi) is 4.31. The van der Waals surface area contributed by atoms with E-state index in [1.165, 1.54) is 6.42 Å². The number of rotatable bonds is 3. The monoisotopic (exact) mass is 247 g/mol. The maximum absolute atomic E-state index is 12.3. The molecule has 1 aromatic heterocycles. The maximum Gasteiger partial charge on any atom is 0.272 e. The van der Waals surface area contributed by atoms with Gasteiger partial charge in [0.1, 0.15) is 5.69 Å². The van der Waals surface area contributed by atoms with Gasteiger partial charge in [-0.05, 0) is 50.8 Å². The summed E-state index contributed by atoms with van der Waals surface area (Å²) < 4.78 is 0. The van der Waals surface area contributed by atoms with Crippen molar-refractivity contribution in [2.24, 2.45) is 11.7 Å². The van der Waals surface area contributed by atoms with Gasteiger partial charge in [-0.2, -0.15) is 0 Å². The zero-order chi connectivity index (χ0) is 13.0. The quantitative estimate of drug-likeness (QED) is 0.882. The number of carbonyl (C=O) groups is 1. The second kappa shape index (κ2) is 5.96. The van der Waals surface area contributed by atoms with E-state index in [0.29, 0.717) is 18.2 Å². The molecule has 4 nitrogen and oxygen atoms in total. The average Bonchev–Trinajstić information content (AvgIpc) is 2.39. The first-order valence-electron chi connectivity index (χ1n) is 6.63. The molecular formula is C14H21N3O. The van der Waals surface area contributed by atoms with Crippen molar-refractivity contribution in [1.82, 2.24) is 9.88 Å². The van der Waals surface area contributed by atoms with Crippen molar-refractivity contribution in [2.75, 3.05) is 19.6 Å². The van der Waals surface area contributed by atoms with E-state index in [-0.39, 0.29) is 5.91 Å². The fourth-order valence-corrected chi connectivity index (χ4v) is 2.55. The second-order valence-electron chi connectivity index (χ2n) is 5.00. The molecule has 4 heteroatoms. The van der Waals surface area contributed by atoms with Crippen molar-refractivity contribution in [3.63, 3.8) is 0 Å². The Morgan fingerprint density at radius 2 is 2.39 bits per heavy atom. The predicted octanol–water partition coefficient (Wildman–Crippen LogP) is 1.59. The Bertz CT molecular complexity index is 417. The Hall–Kier alpha value is -1.42. The van der Waals surface area contributed by atoms with Crippen molar-refractivity contribution in [2.45, 2.75) is 26.2 Å². The molecule has 1 fully saturated rings. The van der Waals surface area contributed by atoms with Gasteiger partial charge in [0.25, 0.3) is 5.91 Å². The molecule has 2 N–H and O–H groups in total. The fraction of sp³-hybridized carbons (Fsp3) is 0.571. The minimum Gasteiger partial charge on any atom is -0.337 e. The van der Waals surface area contributed by atoms with Crippen molar-refractivity contribution >= 4 is 5.91 Å². The lowest BCUT2D eigenvalue weighted by Crippen LogP contribution is -2.40. The molecule has 1 amide bonds. The molecule has 0 saturated carbocycles. The Balaban J connectivity index is 2.04. The molecule has 0 spiro atoms. The Labute approximate surface area is 108 Å². The molecule has 1 aromatic rings. The van der Waals surface area contributed by atoms with E-state index in [2.05, 4.69) is 4.98 Å². The third-order valence-corrected chi connectivity index (χ3v) is 3.49. The number of nitrogens with zero attached hydrogens (tertiary/aromatic N) is 2. The standard InChI is InChI=1S/C14H21N3O/c1-11-4-2-6-13(16-11)14(18)17-9-3-5-12(10-17)7-8-15/h2,4,6,12H,3,5,7-10,15H2,1H3. The molecule has 2 rings (SSSR count). The Morgan fingerprint density at radius 1 is 1.56 bits per heavy atom. The van der Waals surface area contributed by atoms with Gasteiger partial charge in [0.05, 0.1) is 0 Å². The van der Waals surface area contributed by atoms with Crippen molar-refractivity contribution in [1.29, 1.82) is 0 Å². The van der Waals surface area contributed by atoms with Gasteiger partial charge in [-0.1, -0.05) is 6.07 Å². The van der Waals surface area contributed by atoms with Gasteiger partial charge in [0, 0.05) is 18.8 Å². The molecule has 1 unspecified atom stereocenters. The molecular weight excluding hydrogens is 226 g/mol. The molecule has 1 aliphatic heterocycles. The third-order valence-electron chi connectivity index (χ3n) is 3.49. The van der Waals surface area contributed by atoms with Crippen molar-refractivity contribution in [3.8, 4) is 0 Å². The number of likely N-dealkylation sites (tertiary alicyclic amines) is 1. The largest absolute Gasteiger partial charge is 0.337 e. The first-order valence-corrected chi connectivity index (χ1v) is 6.63. The van der Waals surface area contributed by atoms with Crippen LogP contribution in [0.3, 0.4) is 0 Å². The van der Waals surface area contributed by atoms with E-state index in [9.17, 15) is 4.79 Å². The zero-order valence-electron chi connectivity index (χ0n) is 10.9. The van der Waals surface area contributed by atoms with E-state index >= 15 is 0 Å². The summed E-state index contributed by atoms with van der Waals surface area (Å²) in [5.74, 6) is 0.609. The predicted molar refractivity (Wildman–Crippen MR) is 71.3 cm³/mol. The first kappa shape index (κ1) is 13.0. The number of nitrogens with two attached hydrogens (primary N) is 1. The van der Waals surface area contributed by atoms with Gasteiger partial charge in [-0.25, -0.2) is 4.98 Å². The first-order chi connectivity index (χ1) is 8.70. The lowest BCUT2D eigenvalue weighted by atomic mass is 9.94. The van der Waals surface area contributed by atoms with E-state index in [4.69, 9.17) is 5.73 Å². The average molecular weight is 247 g/mol. The summed E-state index contributed by atoms with van der Waals surface area (Å²) in [6.45, 7) is 4.28. The van der Waals surface area contributed by atoms with Crippen molar-refractivity contribution in [3.05, 3.63) is 29.6 Å². The molecule has 2 heterocycles. The third kappa shape index (κ3) is 3.07. The summed E-state index contributed by atoms with van der Waals surface area (Å²) in [5, 5.41) is 0. The number of pyridine rings is 1. The van der Waals surface area contributed by atoms with Crippen LogP contribution in [0.15, 0.2) is 18.2 Å². The highest BCUT2D eigenvalue weighted by Gasteiger charge is 2.24. The van der Waals surface area contributed by atoms with E-state index in [1.54, 1.807) is 6.07 Å². The summed E-state index contributed by atoms with van der Waals surface area (Å²) in [6, 6.07) is 5.59. The SMILES string of the molecule is Cc1cccc(C(=O)N2CCCC(CCN)C2)n1. The van der Waals surface area contributed by atoms with E-state index in [1.807, 2.05) is 24.0 Å². The van der Waals surface area contributed by atoms with Crippen LogP contribution in [0.1, 0.15) is 35.4 Å². The summed E-state index contributed by atoms with van der Waals surface area (Å²) >= 11 is 0. The van der Waals surface area contributed by atoms with E-state index in [0.717, 1.165) is 31.6 Å². The highest BCUT2D eigenvalue weighted by atomic mass is 16.2. The lowest BCUT2D eigenvalue weighted by Gasteiger charge is -2.32. The minimum atomic E-state index is 0.0559. The molecule has 1 aliphatic rings.